The Morgan fingerprint density at radius 3 is 2.96 bits per heavy atom. The number of thioether (sulfide) groups is 1. The van der Waals surface area contributed by atoms with Gasteiger partial charge in [0.2, 0.25) is 0 Å². The molecule has 10 heteroatoms. The molecule has 2 N–H and O–H groups in total. The van der Waals surface area contributed by atoms with E-state index in [-0.39, 0.29) is 34.0 Å². The van der Waals surface area contributed by atoms with Gasteiger partial charge in [-0.2, -0.15) is 0 Å². The average Bonchev–Trinajstić information content (AvgIpc) is 3.15. The summed E-state index contributed by atoms with van der Waals surface area (Å²) in [5.74, 6) is -1.29. The summed E-state index contributed by atoms with van der Waals surface area (Å²) in [5.41, 5.74) is 0.169. The standard InChI is InChI=1S/C14H15N5O4S/c1-4-5-19-13(22)8(6-9(20)23-3)24-14(19)18-11-10(12(21)15-2)16-7-17-11/h4,6-7H,1,5H2,2-3H3,(H,15,21)(H,16,17). The lowest BCUT2D eigenvalue weighted by atomic mass is 10.4. The normalized spacial score (nSPS) is 17.4. The van der Waals surface area contributed by atoms with Crippen molar-refractivity contribution in [2.24, 2.45) is 4.99 Å². The number of esters is 1. The zero-order chi connectivity index (χ0) is 17.7. The third-order valence-electron chi connectivity index (χ3n) is 2.92. The molecule has 1 aliphatic rings. The van der Waals surface area contributed by atoms with Crippen molar-refractivity contribution in [2.45, 2.75) is 0 Å². The van der Waals surface area contributed by atoms with E-state index in [4.69, 9.17) is 0 Å². The minimum absolute atomic E-state index is 0.137. The molecule has 1 aromatic rings. The number of methoxy groups -OCH3 is 1. The molecule has 0 spiro atoms. The number of hydrogen-bond donors (Lipinski definition) is 2. The summed E-state index contributed by atoms with van der Waals surface area (Å²) < 4.78 is 4.53. The number of carbonyl (C=O) groups is 3. The van der Waals surface area contributed by atoms with E-state index in [1.807, 2.05) is 0 Å². The van der Waals surface area contributed by atoms with E-state index in [1.165, 1.54) is 31.5 Å². The molecule has 9 nitrogen and oxygen atoms in total. The van der Waals surface area contributed by atoms with Gasteiger partial charge in [-0.25, -0.2) is 14.8 Å². The third-order valence-corrected chi connectivity index (χ3v) is 3.93. The van der Waals surface area contributed by atoms with E-state index in [0.717, 1.165) is 17.8 Å². The maximum Gasteiger partial charge on any atom is 0.331 e. The smallest absolute Gasteiger partial charge is 0.331 e. The Balaban J connectivity index is 2.40. The molecule has 0 unspecified atom stereocenters. The quantitative estimate of drug-likeness (QED) is 0.456. The summed E-state index contributed by atoms with van der Waals surface area (Å²) in [7, 11) is 2.70. The maximum absolute atomic E-state index is 12.4. The minimum Gasteiger partial charge on any atom is -0.466 e. The Morgan fingerprint density at radius 2 is 2.33 bits per heavy atom. The van der Waals surface area contributed by atoms with Crippen molar-refractivity contribution in [1.82, 2.24) is 20.2 Å². The molecule has 0 aromatic carbocycles. The van der Waals surface area contributed by atoms with E-state index >= 15 is 0 Å². The first-order valence-corrected chi connectivity index (χ1v) is 7.57. The van der Waals surface area contributed by atoms with Gasteiger partial charge in [0.05, 0.1) is 18.3 Å². The molecule has 1 saturated heterocycles. The summed E-state index contributed by atoms with van der Waals surface area (Å²) in [4.78, 5) is 47.9. The second-order valence-electron chi connectivity index (χ2n) is 4.41. The van der Waals surface area contributed by atoms with Crippen molar-refractivity contribution in [2.75, 3.05) is 20.7 Å². The summed E-state index contributed by atoms with van der Waals surface area (Å²) in [6.45, 7) is 3.79. The molecule has 2 amide bonds. The molecule has 2 heterocycles. The van der Waals surface area contributed by atoms with E-state index in [2.05, 4.69) is 31.6 Å². The second-order valence-corrected chi connectivity index (χ2v) is 5.42. The lowest BCUT2D eigenvalue weighted by Gasteiger charge is -2.12. The lowest BCUT2D eigenvalue weighted by molar-refractivity contribution is -0.135. The second kappa shape index (κ2) is 7.59. The number of nitrogens with zero attached hydrogens (tertiary/aromatic N) is 3. The van der Waals surface area contributed by atoms with Gasteiger partial charge in [-0.15, -0.1) is 6.58 Å². The fourth-order valence-electron chi connectivity index (χ4n) is 1.80. The van der Waals surface area contributed by atoms with Gasteiger partial charge in [-0.1, -0.05) is 6.08 Å². The predicted molar refractivity (Wildman–Crippen MR) is 88.7 cm³/mol. The zero-order valence-electron chi connectivity index (χ0n) is 13.0. The van der Waals surface area contributed by atoms with Crippen LogP contribution in [0.2, 0.25) is 0 Å². The van der Waals surface area contributed by atoms with Crippen molar-refractivity contribution in [1.29, 1.82) is 0 Å². The summed E-state index contributed by atoms with van der Waals surface area (Å²) in [6.07, 6.45) is 3.95. The van der Waals surface area contributed by atoms with Gasteiger partial charge >= 0.3 is 5.97 Å². The van der Waals surface area contributed by atoms with E-state index in [9.17, 15) is 14.4 Å². The molecule has 2 rings (SSSR count). The van der Waals surface area contributed by atoms with Crippen LogP contribution in [-0.4, -0.2) is 58.5 Å². The van der Waals surface area contributed by atoms with Crippen molar-refractivity contribution < 1.29 is 19.1 Å². The number of amidine groups is 1. The Morgan fingerprint density at radius 1 is 1.58 bits per heavy atom. The monoisotopic (exact) mass is 349 g/mol. The summed E-state index contributed by atoms with van der Waals surface area (Å²) in [5, 5.41) is 2.75. The van der Waals surface area contributed by atoms with Crippen LogP contribution < -0.4 is 5.32 Å². The Bertz CT molecular complexity index is 752. The number of rotatable bonds is 5. The predicted octanol–water partition coefficient (Wildman–Crippen LogP) is 0.575. The number of ether oxygens (including phenoxy) is 1. The molecule has 24 heavy (non-hydrogen) atoms. The van der Waals surface area contributed by atoms with Gasteiger partial charge < -0.3 is 15.0 Å². The van der Waals surface area contributed by atoms with Crippen LogP contribution >= 0.6 is 11.8 Å². The fourth-order valence-corrected chi connectivity index (χ4v) is 2.75. The number of nitrogens with one attached hydrogen (secondary N) is 2. The van der Waals surface area contributed by atoms with Crippen LogP contribution in [0.3, 0.4) is 0 Å². The number of aromatic amines is 1. The van der Waals surface area contributed by atoms with Gasteiger partial charge in [0.15, 0.2) is 16.7 Å². The molecular weight excluding hydrogens is 334 g/mol. The molecule has 1 aliphatic heterocycles. The number of hydrogen-bond acceptors (Lipinski definition) is 7. The largest absolute Gasteiger partial charge is 0.466 e. The molecular formula is C14H15N5O4S. The first kappa shape index (κ1) is 17.5. The molecule has 1 fully saturated rings. The van der Waals surface area contributed by atoms with E-state index in [1.54, 1.807) is 0 Å². The molecule has 0 atom stereocenters. The Hall–Kier alpha value is -2.88. The highest BCUT2D eigenvalue weighted by molar-refractivity contribution is 8.18. The van der Waals surface area contributed by atoms with Gasteiger partial charge in [-0.05, 0) is 11.8 Å². The SMILES string of the molecule is C=CCN1C(=O)C(=CC(=O)OC)SC1=Nc1nc[nH]c1C(=O)NC. The lowest BCUT2D eigenvalue weighted by Crippen LogP contribution is -2.29. The molecule has 126 valence electrons. The van der Waals surface area contributed by atoms with E-state index < -0.39 is 11.9 Å². The maximum atomic E-state index is 12.4. The molecule has 0 saturated carbocycles. The first-order valence-electron chi connectivity index (χ1n) is 6.76. The fraction of sp³-hybridized carbons (Fsp3) is 0.214. The van der Waals surface area contributed by atoms with Crippen LogP contribution in [0.4, 0.5) is 5.82 Å². The summed E-state index contributed by atoms with van der Waals surface area (Å²) >= 11 is 0.990. The number of carbonyl (C=O) groups excluding carboxylic acids is 3. The highest BCUT2D eigenvalue weighted by atomic mass is 32.2. The topological polar surface area (TPSA) is 117 Å². The molecule has 1 aromatic heterocycles. The highest BCUT2D eigenvalue weighted by Crippen LogP contribution is 2.32. The highest BCUT2D eigenvalue weighted by Gasteiger charge is 2.34. The average molecular weight is 349 g/mol. The Labute approximate surface area is 141 Å². The number of H-pyrrole nitrogens is 1. The van der Waals surface area contributed by atoms with Crippen molar-refractivity contribution in [3.63, 3.8) is 0 Å². The number of aromatic nitrogens is 2. The van der Waals surface area contributed by atoms with Crippen molar-refractivity contribution in [3.8, 4) is 0 Å². The van der Waals surface area contributed by atoms with Crippen LogP contribution in [0.25, 0.3) is 0 Å². The van der Waals surface area contributed by atoms with Gasteiger partial charge in [0.1, 0.15) is 0 Å². The molecule has 0 bridgehead atoms. The van der Waals surface area contributed by atoms with Crippen LogP contribution in [0.15, 0.2) is 35.0 Å². The van der Waals surface area contributed by atoms with Crippen LogP contribution in [0, 0.1) is 0 Å². The first-order chi connectivity index (χ1) is 11.5. The van der Waals surface area contributed by atoms with Gasteiger partial charge in [0, 0.05) is 19.7 Å². The number of imidazole rings is 1. The van der Waals surface area contributed by atoms with Crippen molar-refractivity contribution >= 4 is 40.5 Å². The van der Waals surface area contributed by atoms with Crippen LogP contribution in [-0.2, 0) is 14.3 Å². The zero-order valence-corrected chi connectivity index (χ0v) is 13.8. The third kappa shape index (κ3) is 3.54. The van der Waals surface area contributed by atoms with Crippen LogP contribution in [0.1, 0.15) is 10.5 Å². The van der Waals surface area contributed by atoms with Gasteiger partial charge in [-0.3, -0.25) is 14.5 Å². The molecule has 0 radical (unpaired) electrons. The molecule has 0 aliphatic carbocycles. The number of aliphatic imine (C=N–C) groups is 1. The van der Waals surface area contributed by atoms with Gasteiger partial charge in [0.25, 0.3) is 11.8 Å². The van der Waals surface area contributed by atoms with E-state index in [0.29, 0.717) is 0 Å². The van der Waals surface area contributed by atoms with Crippen molar-refractivity contribution in [3.05, 3.63) is 35.7 Å². The summed E-state index contributed by atoms with van der Waals surface area (Å²) in [6, 6.07) is 0. The Kier molecular flexibility index (Phi) is 5.53. The van der Waals surface area contributed by atoms with Crippen LogP contribution in [0.5, 0.6) is 0 Å². The number of amides is 2. The minimum atomic E-state index is -0.642.